The summed E-state index contributed by atoms with van der Waals surface area (Å²) in [5, 5.41) is 22.0. The van der Waals surface area contributed by atoms with Gasteiger partial charge in [-0.15, -0.1) is 0 Å². The van der Waals surface area contributed by atoms with Crippen molar-refractivity contribution in [2.75, 3.05) is 32.8 Å². The molecule has 14 nitrogen and oxygen atoms in total. The number of pyridine rings is 1. The summed E-state index contributed by atoms with van der Waals surface area (Å²) in [6, 6.07) is 4.61. The minimum absolute atomic E-state index is 0.0452. The molecular weight excluding hydrogens is 564 g/mol. The van der Waals surface area contributed by atoms with Crippen LogP contribution in [0.15, 0.2) is 24.3 Å². The Morgan fingerprint density at radius 3 is 2.26 bits per heavy atom. The number of carboxylic acid groups (broad SMARTS) is 2. The highest BCUT2D eigenvalue weighted by atomic mass is 16.6. The van der Waals surface area contributed by atoms with Gasteiger partial charge in [-0.3, -0.25) is 19.2 Å². The van der Waals surface area contributed by atoms with Crippen LogP contribution in [0, 0.1) is 0 Å². The predicted octanol–water partition coefficient (Wildman–Crippen LogP) is 2.09. The number of hydrogen-bond donors (Lipinski definition) is 3. The van der Waals surface area contributed by atoms with E-state index in [9.17, 15) is 39.0 Å². The lowest BCUT2D eigenvalue weighted by Gasteiger charge is -2.38. The van der Waals surface area contributed by atoms with Gasteiger partial charge in [-0.1, -0.05) is 0 Å². The van der Waals surface area contributed by atoms with E-state index in [0.29, 0.717) is 17.4 Å². The number of carboxylic acids is 2. The molecule has 1 aromatic carbocycles. The number of benzene rings is 1. The third-order valence-corrected chi connectivity index (χ3v) is 7.63. The number of nitrogens with one attached hydrogen (secondary N) is 1. The van der Waals surface area contributed by atoms with Gasteiger partial charge in [0.05, 0.1) is 12.1 Å². The highest BCUT2D eigenvalue weighted by molar-refractivity contribution is 6.02. The van der Waals surface area contributed by atoms with E-state index in [0.717, 1.165) is 0 Å². The van der Waals surface area contributed by atoms with Gasteiger partial charge in [0.1, 0.15) is 17.5 Å². The summed E-state index contributed by atoms with van der Waals surface area (Å²) in [4.78, 5) is 81.6. The molecule has 4 rings (SSSR count). The molecule has 43 heavy (non-hydrogen) atoms. The third-order valence-electron chi connectivity index (χ3n) is 7.63. The molecule has 1 saturated carbocycles. The van der Waals surface area contributed by atoms with Crippen molar-refractivity contribution < 1.29 is 48.5 Å². The molecule has 1 atom stereocenters. The molecule has 0 radical (unpaired) electrons. The van der Waals surface area contributed by atoms with Crippen LogP contribution in [0.2, 0.25) is 0 Å². The summed E-state index contributed by atoms with van der Waals surface area (Å²) < 4.78 is 11.0. The molecule has 2 aliphatic rings. The Hall–Kier alpha value is -4.75. The van der Waals surface area contributed by atoms with Gasteiger partial charge in [-0.2, -0.15) is 0 Å². The SMILES string of the molecule is CCOC(=O)N1CCN(C(=O)C(CCC(=O)O)NC(=O)c2cc(OC3(C(=O)O)CCC3)c3cc(C(C)=O)ccc3n2)CC1. The zero-order valence-corrected chi connectivity index (χ0v) is 24.0. The van der Waals surface area contributed by atoms with E-state index >= 15 is 0 Å². The Balaban J connectivity index is 1.60. The zero-order valence-electron chi connectivity index (χ0n) is 24.0. The summed E-state index contributed by atoms with van der Waals surface area (Å²) in [5.74, 6) is -3.80. The number of piperazine rings is 1. The molecule has 2 heterocycles. The molecule has 2 aromatic rings. The van der Waals surface area contributed by atoms with Gasteiger partial charge < -0.3 is 34.8 Å². The van der Waals surface area contributed by atoms with Crippen LogP contribution in [0.25, 0.3) is 10.9 Å². The number of carbonyl (C=O) groups excluding carboxylic acids is 4. The first-order chi connectivity index (χ1) is 20.4. The van der Waals surface area contributed by atoms with Crippen LogP contribution in [-0.2, 0) is 19.1 Å². The Morgan fingerprint density at radius 1 is 1.02 bits per heavy atom. The molecule has 3 amide bonds. The van der Waals surface area contributed by atoms with Gasteiger partial charge in [-0.05, 0) is 57.7 Å². The molecule has 1 aromatic heterocycles. The molecule has 1 unspecified atom stereocenters. The normalized spacial score (nSPS) is 16.5. The van der Waals surface area contributed by atoms with Crippen molar-refractivity contribution in [2.45, 2.75) is 57.6 Å². The molecule has 14 heteroatoms. The third kappa shape index (κ3) is 7.01. The summed E-state index contributed by atoms with van der Waals surface area (Å²) >= 11 is 0. The number of aliphatic carboxylic acids is 2. The molecule has 2 fully saturated rings. The first kappa shape index (κ1) is 31.2. The number of hydrogen-bond acceptors (Lipinski definition) is 9. The Bertz CT molecular complexity index is 1450. The van der Waals surface area contributed by atoms with Crippen LogP contribution in [0.1, 0.15) is 66.8 Å². The molecule has 1 aliphatic carbocycles. The van der Waals surface area contributed by atoms with Crippen molar-refractivity contribution in [3.8, 4) is 5.75 Å². The average molecular weight is 599 g/mol. The first-order valence-electron chi connectivity index (χ1n) is 14.1. The van der Waals surface area contributed by atoms with E-state index < -0.39 is 47.9 Å². The number of carbonyl (C=O) groups is 6. The molecule has 230 valence electrons. The van der Waals surface area contributed by atoms with Crippen molar-refractivity contribution >= 4 is 46.5 Å². The zero-order chi connectivity index (χ0) is 31.3. The van der Waals surface area contributed by atoms with Crippen LogP contribution in [0.3, 0.4) is 0 Å². The molecule has 1 saturated heterocycles. The van der Waals surface area contributed by atoms with E-state index in [4.69, 9.17) is 9.47 Å². The van der Waals surface area contributed by atoms with Crippen LogP contribution in [-0.4, -0.2) is 105 Å². The van der Waals surface area contributed by atoms with Gasteiger partial charge >= 0.3 is 18.0 Å². The van der Waals surface area contributed by atoms with E-state index in [-0.39, 0.29) is 74.8 Å². The summed E-state index contributed by atoms with van der Waals surface area (Å²) in [7, 11) is 0. The number of nitrogens with zero attached hydrogens (tertiary/aromatic N) is 3. The second-order valence-electron chi connectivity index (χ2n) is 10.5. The summed E-state index contributed by atoms with van der Waals surface area (Å²) in [6.45, 7) is 4.04. The predicted molar refractivity (Wildman–Crippen MR) is 150 cm³/mol. The van der Waals surface area contributed by atoms with Gasteiger partial charge in [-0.25, -0.2) is 14.6 Å². The number of ether oxygens (including phenoxy) is 2. The lowest BCUT2D eigenvalue weighted by Crippen LogP contribution is -2.56. The second-order valence-corrected chi connectivity index (χ2v) is 10.5. The maximum absolute atomic E-state index is 13.5. The van der Waals surface area contributed by atoms with E-state index in [1.165, 1.54) is 41.0 Å². The number of fused-ring (bicyclic) bond motifs is 1. The van der Waals surface area contributed by atoms with Crippen molar-refractivity contribution in [1.29, 1.82) is 0 Å². The largest absolute Gasteiger partial charge is 0.481 e. The Labute approximate surface area is 246 Å². The number of Topliss-reactive ketones (excluding diaryl/α,β-unsaturated/α-hetero) is 1. The number of amides is 3. The Kier molecular flexibility index (Phi) is 9.46. The minimum atomic E-state index is -1.49. The van der Waals surface area contributed by atoms with E-state index in [2.05, 4.69) is 10.3 Å². The van der Waals surface area contributed by atoms with Crippen molar-refractivity contribution in [3.63, 3.8) is 0 Å². The molecule has 0 spiro atoms. The van der Waals surface area contributed by atoms with Crippen molar-refractivity contribution in [3.05, 3.63) is 35.5 Å². The second kappa shape index (κ2) is 13.0. The fourth-order valence-corrected chi connectivity index (χ4v) is 4.98. The highest BCUT2D eigenvalue weighted by Gasteiger charge is 2.47. The van der Waals surface area contributed by atoms with Crippen LogP contribution in [0.4, 0.5) is 4.79 Å². The van der Waals surface area contributed by atoms with Gasteiger partial charge in [0, 0.05) is 49.6 Å². The fourth-order valence-electron chi connectivity index (χ4n) is 4.98. The lowest BCUT2D eigenvalue weighted by molar-refractivity contribution is -0.163. The van der Waals surface area contributed by atoms with Gasteiger partial charge in [0.2, 0.25) is 11.5 Å². The summed E-state index contributed by atoms with van der Waals surface area (Å²) in [5.41, 5.74) is -1.06. The number of rotatable bonds is 11. The van der Waals surface area contributed by atoms with Crippen molar-refractivity contribution in [2.24, 2.45) is 0 Å². The highest BCUT2D eigenvalue weighted by Crippen LogP contribution is 2.39. The maximum Gasteiger partial charge on any atom is 0.409 e. The lowest BCUT2D eigenvalue weighted by atomic mass is 9.80. The molecule has 3 N–H and O–H groups in total. The Morgan fingerprint density at radius 2 is 1.70 bits per heavy atom. The van der Waals surface area contributed by atoms with Crippen LogP contribution in [0.5, 0.6) is 5.75 Å². The quantitative estimate of drug-likeness (QED) is 0.321. The standard InChI is InChI=1S/C29H34N4O10/c1-3-42-28(41)33-13-11-32(12-14-33)26(38)21(7-8-24(35)36)31-25(37)22-16-23(43-29(27(39)40)9-4-10-29)19-15-18(17(2)34)5-6-20(19)30-22/h5-6,15-16,21H,3-4,7-14H2,1-2H3,(H,31,37)(H,35,36)(H,39,40). The number of ketones is 1. The minimum Gasteiger partial charge on any atom is -0.481 e. The number of aromatic nitrogens is 1. The van der Waals surface area contributed by atoms with Crippen LogP contribution < -0.4 is 10.1 Å². The smallest absolute Gasteiger partial charge is 0.409 e. The fraction of sp³-hybridized carbons (Fsp3) is 0.483. The first-order valence-corrected chi connectivity index (χ1v) is 14.1. The van der Waals surface area contributed by atoms with Crippen molar-refractivity contribution in [1.82, 2.24) is 20.1 Å². The molecule has 0 bridgehead atoms. The average Bonchev–Trinajstić information content (AvgIpc) is 2.95. The van der Waals surface area contributed by atoms with E-state index in [1.807, 2.05) is 0 Å². The maximum atomic E-state index is 13.5. The van der Waals surface area contributed by atoms with Gasteiger partial charge in [0.25, 0.3) is 5.91 Å². The van der Waals surface area contributed by atoms with Gasteiger partial charge in [0.15, 0.2) is 5.78 Å². The molecular formula is C29H34N4O10. The topological polar surface area (TPSA) is 193 Å². The molecule has 1 aliphatic heterocycles. The van der Waals surface area contributed by atoms with E-state index in [1.54, 1.807) is 6.92 Å². The van der Waals surface area contributed by atoms with Crippen LogP contribution >= 0.6 is 0 Å². The monoisotopic (exact) mass is 598 g/mol. The summed E-state index contributed by atoms with van der Waals surface area (Å²) in [6.07, 6.45) is 0.0769.